The van der Waals surface area contributed by atoms with Gasteiger partial charge in [-0.1, -0.05) is 18.2 Å². The first kappa shape index (κ1) is 6.95. The highest BCUT2D eigenvalue weighted by Crippen LogP contribution is 2.15. The van der Waals surface area contributed by atoms with Gasteiger partial charge < -0.3 is 0 Å². The maximum absolute atomic E-state index is 4.36. The summed E-state index contributed by atoms with van der Waals surface area (Å²) in [6, 6.07) is 8.31. The van der Waals surface area contributed by atoms with E-state index in [4.69, 9.17) is 0 Å². The fourth-order valence-electron chi connectivity index (χ4n) is 1.67. The molecule has 2 heterocycles. The van der Waals surface area contributed by atoms with Gasteiger partial charge in [0.05, 0.1) is 11.7 Å². The van der Waals surface area contributed by atoms with E-state index in [2.05, 4.69) is 28.3 Å². The first-order chi connectivity index (χ1) is 6.45. The molecule has 13 heavy (non-hydrogen) atoms. The van der Waals surface area contributed by atoms with Gasteiger partial charge in [-0.25, -0.2) is 0 Å². The predicted octanol–water partition coefficient (Wildman–Crippen LogP) is 1.38. The number of rotatable bonds is 1. The molecule has 3 rings (SSSR count). The molecular formula is C10H11N3. The van der Waals surface area contributed by atoms with E-state index in [0.29, 0.717) is 0 Å². The number of nitrogens with zero attached hydrogens (tertiary/aromatic N) is 3. The largest absolute Gasteiger partial charge is 0.296 e. The lowest BCUT2D eigenvalue weighted by molar-refractivity contribution is 0.446. The third-order valence-corrected chi connectivity index (χ3v) is 2.56. The van der Waals surface area contributed by atoms with Gasteiger partial charge in [0.2, 0.25) is 0 Å². The van der Waals surface area contributed by atoms with Crippen LogP contribution >= 0.6 is 0 Å². The smallest absolute Gasteiger partial charge is 0.0920 e. The van der Waals surface area contributed by atoms with Crippen LogP contribution < -0.4 is 5.01 Å². The van der Waals surface area contributed by atoms with Crippen molar-refractivity contribution in [2.75, 3.05) is 18.1 Å². The maximum atomic E-state index is 4.36. The highest BCUT2D eigenvalue weighted by Gasteiger charge is 2.16. The first-order valence-corrected chi connectivity index (χ1v) is 4.63. The van der Waals surface area contributed by atoms with Gasteiger partial charge in [-0.05, 0) is 12.5 Å². The Bertz CT molecular complexity index is 428. The molecule has 0 saturated carbocycles. The molecule has 66 valence electrons. The normalized spacial score (nSPS) is 16.2. The Balaban J connectivity index is 2.17. The summed E-state index contributed by atoms with van der Waals surface area (Å²) < 4.78 is 0. The van der Waals surface area contributed by atoms with Crippen molar-refractivity contribution < 1.29 is 0 Å². The second-order valence-electron chi connectivity index (χ2n) is 3.40. The summed E-state index contributed by atoms with van der Waals surface area (Å²) in [6.45, 7) is 2.26. The molecule has 1 aromatic carbocycles. The third-order valence-electron chi connectivity index (χ3n) is 2.56. The summed E-state index contributed by atoms with van der Waals surface area (Å²) in [6.07, 6.45) is 3.21. The summed E-state index contributed by atoms with van der Waals surface area (Å²) in [5.74, 6) is 0. The van der Waals surface area contributed by atoms with Crippen LogP contribution in [-0.4, -0.2) is 23.0 Å². The van der Waals surface area contributed by atoms with E-state index in [1.165, 1.54) is 17.3 Å². The van der Waals surface area contributed by atoms with Gasteiger partial charge >= 0.3 is 0 Å². The molecule has 1 fully saturated rings. The molecule has 1 saturated heterocycles. The average Bonchev–Trinajstić information content (AvgIpc) is 2.47. The lowest BCUT2D eigenvalue weighted by Crippen LogP contribution is -2.46. The van der Waals surface area contributed by atoms with Crippen molar-refractivity contribution in [3.05, 3.63) is 30.5 Å². The van der Waals surface area contributed by atoms with Gasteiger partial charge in [0.15, 0.2) is 0 Å². The number of para-hydroxylation sites is 1. The summed E-state index contributed by atoms with van der Waals surface area (Å²) in [5, 5.41) is 7.83. The van der Waals surface area contributed by atoms with Crippen LogP contribution in [0.5, 0.6) is 0 Å². The Morgan fingerprint density at radius 1 is 1.15 bits per heavy atom. The number of hydrogen-bond donors (Lipinski definition) is 0. The molecule has 0 amide bonds. The summed E-state index contributed by atoms with van der Waals surface area (Å²) in [4.78, 5) is 2.01. The molecule has 3 heteroatoms. The molecule has 1 aromatic heterocycles. The van der Waals surface area contributed by atoms with Crippen LogP contribution in [0.1, 0.15) is 6.42 Å². The fourth-order valence-corrected chi connectivity index (χ4v) is 1.67. The topological polar surface area (TPSA) is 21.1 Å². The Labute approximate surface area is 76.5 Å². The minimum absolute atomic E-state index is 1.13. The van der Waals surface area contributed by atoms with E-state index >= 15 is 0 Å². The molecule has 0 spiro atoms. The number of benzene rings is 1. The van der Waals surface area contributed by atoms with Crippen LogP contribution in [0, 0.1) is 0 Å². The van der Waals surface area contributed by atoms with E-state index in [1.54, 1.807) is 0 Å². The second-order valence-corrected chi connectivity index (χ2v) is 3.40. The fraction of sp³-hybridized carbons (Fsp3) is 0.300. The van der Waals surface area contributed by atoms with Gasteiger partial charge in [-0.2, -0.15) is 9.89 Å². The molecule has 3 nitrogen and oxygen atoms in total. The zero-order valence-electron chi connectivity index (χ0n) is 7.35. The lowest BCUT2D eigenvalue weighted by Gasteiger charge is -2.32. The first-order valence-electron chi connectivity index (χ1n) is 4.63. The van der Waals surface area contributed by atoms with Crippen LogP contribution in [0.3, 0.4) is 0 Å². The molecule has 0 atom stereocenters. The maximum Gasteiger partial charge on any atom is 0.0920 e. The van der Waals surface area contributed by atoms with Crippen molar-refractivity contribution in [2.24, 2.45) is 0 Å². The van der Waals surface area contributed by atoms with E-state index in [0.717, 1.165) is 13.1 Å². The van der Waals surface area contributed by atoms with Gasteiger partial charge in [0.1, 0.15) is 0 Å². The van der Waals surface area contributed by atoms with E-state index in [9.17, 15) is 0 Å². The molecule has 0 radical (unpaired) electrons. The molecule has 0 N–H and O–H groups in total. The Hall–Kier alpha value is -1.51. The predicted molar refractivity (Wildman–Crippen MR) is 52.3 cm³/mol. The third kappa shape index (κ3) is 0.932. The molecule has 0 aliphatic carbocycles. The monoisotopic (exact) mass is 173 g/mol. The van der Waals surface area contributed by atoms with Crippen molar-refractivity contribution in [1.29, 1.82) is 0 Å². The van der Waals surface area contributed by atoms with Crippen LogP contribution in [0.2, 0.25) is 0 Å². The molecule has 0 unspecified atom stereocenters. The summed E-state index contributed by atoms with van der Waals surface area (Å²) in [5.41, 5.74) is 1.21. The van der Waals surface area contributed by atoms with Crippen molar-refractivity contribution >= 4 is 10.9 Å². The van der Waals surface area contributed by atoms with Crippen molar-refractivity contribution in [1.82, 2.24) is 9.89 Å². The van der Waals surface area contributed by atoms with Crippen LogP contribution in [0.15, 0.2) is 30.5 Å². The van der Waals surface area contributed by atoms with E-state index in [-0.39, 0.29) is 0 Å². The van der Waals surface area contributed by atoms with Gasteiger partial charge in [0, 0.05) is 18.5 Å². The minimum Gasteiger partial charge on any atom is -0.296 e. The molecule has 0 bridgehead atoms. The van der Waals surface area contributed by atoms with E-state index < -0.39 is 0 Å². The van der Waals surface area contributed by atoms with Crippen molar-refractivity contribution in [3.8, 4) is 0 Å². The van der Waals surface area contributed by atoms with Gasteiger partial charge in [0.25, 0.3) is 0 Å². The quantitative estimate of drug-likeness (QED) is 0.649. The standard InChI is InChI=1S/C10H11N3/c1-2-5-10-9(4-1)8-11-13(10)12-6-3-7-12/h1-2,4-5,8H,3,6-7H2. The van der Waals surface area contributed by atoms with Crippen LogP contribution in [-0.2, 0) is 0 Å². The zero-order chi connectivity index (χ0) is 8.67. The molecule has 1 aliphatic heterocycles. The Morgan fingerprint density at radius 3 is 2.77 bits per heavy atom. The Kier molecular flexibility index (Phi) is 1.33. The van der Waals surface area contributed by atoms with Crippen molar-refractivity contribution in [2.45, 2.75) is 6.42 Å². The highest BCUT2D eigenvalue weighted by molar-refractivity contribution is 5.78. The zero-order valence-corrected chi connectivity index (χ0v) is 7.35. The molecule has 1 aliphatic rings. The minimum atomic E-state index is 1.13. The van der Waals surface area contributed by atoms with Crippen molar-refractivity contribution in [3.63, 3.8) is 0 Å². The number of hydrogen-bond acceptors (Lipinski definition) is 2. The number of fused-ring (bicyclic) bond motifs is 1. The SMILES string of the molecule is c1ccc2c(c1)cnn2N1CCC1. The summed E-state index contributed by atoms with van der Waals surface area (Å²) in [7, 11) is 0. The highest BCUT2D eigenvalue weighted by atomic mass is 15.7. The second kappa shape index (κ2) is 2.49. The number of aromatic nitrogens is 2. The Morgan fingerprint density at radius 2 is 2.00 bits per heavy atom. The van der Waals surface area contributed by atoms with Gasteiger partial charge in [-0.3, -0.25) is 5.01 Å². The van der Waals surface area contributed by atoms with Crippen LogP contribution in [0.4, 0.5) is 0 Å². The van der Waals surface area contributed by atoms with E-state index in [1.807, 2.05) is 17.1 Å². The molecule has 2 aromatic rings. The van der Waals surface area contributed by atoms with Crippen LogP contribution in [0.25, 0.3) is 10.9 Å². The van der Waals surface area contributed by atoms with Gasteiger partial charge in [-0.15, -0.1) is 0 Å². The lowest BCUT2D eigenvalue weighted by atomic mass is 10.2. The summed E-state index contributed by atoms with van der Waals surface area (Å²) >= 11 is 0. The average molecular weight is 173 g/mol. The molecular weight excluding hydrogens is 162 g/mol.